The van der Waals surface area contributed by atoms with Gasteiger partial charge in [0.2, 0.25) is 29.5 Å². The summed E-state index contributed by atoms with van der Waals surface area (Å²) in [5.74, 6) is -5.02. The van der Waals surface area contributed by atoms with E-state index < -0.39 is 66.1 Å². The first-order valence-electron chi connectivity index (χ1n) is 10.8. The van der Waals surface area contributed by atoms with Crippen molar-refractivity contribution in [2.24, 2.45) is 23.1 Å². The number of primary amides is 2. The fraction of sp³-hybridized carbons (Fsp3) is 0.700. The highest BCUT2D eigenvalue weighted by Crippen LogP contribution is 2.08. The van der Waals surface area contributed by atoms with Crippen molar-refractivity contribution in [3.8, 4) is 0 Å². The summed E-state index contributed by atoms with van der Waals surface area (Å²) in [6.45, 7) is 3.68. The first-order chi connectivity index (χ1) is 15.8. The van der Waals surface area contributed by atoms with E-state index in [-0.39, 0.29) is 25.2 Å². The summed E-state index contributed by atoms with van der Waals surface area (Å²) < 4.78 is 0. The van der Waals surface area contributed by atoms with Gasteiger partial charge in [0.15, 0.2) is 0 Å². The quantitative estimate of drug-likeness (QED) is 0.113. The lowest BCUT2D eigenvalue weighted by Gasteiger charge is -2.26. The van der Waals surface area contributed by atoms with Crippen LogP contribution in [-0.2, 0) is 28.8 Å². The molecule has 0 aromatic rings. The van der Waals surface area contributed by atoms with Gasteiger partial charge in [0, 0.05) is 6.42 Å². The van der Waals surface area contributed by atoms with Crippen molar-refractivity contribution in [2.45, 2.75) is 70.1 Å². The van der Waals surface area contributed by atoms with Gasteiger partial charge >= 0.3 is 5.97 Å². The Bertz CT molecular complexity index is 751. The maximum absolute atomic E-state index is 12.9. The number of amides is 5. The Morgan fingerprint density at radius 2 is 1.35 bits per heavy atom. The molecule has 0 radical (unpaired) electrons. The second-order valence-electron chi connectivity index (χ2n) is 7.89. The standard InChI is InChI=1S/C20H36N6O7S/c1-4-10(2)16(23)19(31)25-12(7-8-34-3)18(30)24-11(5-6-14(21)27)17(29)26-13(20(32)33)9-15(22)28/h10-13,16H,4-9,23H2,1-3H3,(H2,21,27)(H2,22,28)(H,24,30)(H,25,31)(H,26,29)(H,32,33). The maximum Gasteiger partial charge on any atom is 0.326 e. The highest BCUT2D eigenvalue weighted by Gasteiger charge is 2.31. The van der Waals surface area contributed by atoms with Crippen molar-refractivity contribution in [3.63, 3.8) is 0 Å². The van der Waals surface area contributed by atoms with E-state index in [1.54, 1.807) is 6.92 Å². The summed E-state index contributed by atoms with van der Waals surface area (Å²) in [5.41, 5.74) is 16.1. The van der Waals surface area contributed by atoms with Gasteiger partial charge in [0.05, 0.1) is 12.5 Å². The lowest BCUT2D eigenvalue weighted by atomic mass is 9.99. The number of carboxylic acid groups (broad SMARTS) is 1. The van der Waals surface area contributed by atoms with Crippen LogP contribution < -0.4 is 33.2 Å². The third kappa shape index (κ3) is 11.8. The Morgan fingerprint density at radius 3 is 1.79 bits per heavy atom. The van der Waals surface area contributed by atoms with Crippen molar-refractivity contribution >= 4 is 47.3 Å². The normalized spacial score (nSPS) is 15.2. The van der Waals surface area contributed by atoms with E-state index in [0.717, 1.165) is 0 Å². The van der Waals surface area contributed by atoms with Gasteiger partial charge in [-0.15, -0.1) is 0 Å². The van der Waals surface area contributed by atoms with Gasteiger partial charge in [0.25, 0.3) is 0 Å². The van der Waals surface area contributed by atoms with Crippen LogP contribution in [0.5, 0.6) is 0 Å². The van der Waals surface area contributed by atoms with Crippen LogP contribution in [0.2, 0.25) is 0 Å². The summed E-state index contributed by atoms with van der Waals surface area (Å²) in [7, 11) is 0. The van der Waals surface area contributed by atoms with E-state index in [1.807, 2.05) is 13.2 Å². The predicted molar refractivity (Wildman–Crippen MR) is 126 cm³/mol. The highest BCUT2D eigenvalue weighted by molar-refractivity contribution is 7.98. The molecular formula is C20H36N6O7S. The summed E-state index contributed by atoms with van der Waals surface area (Å²) >= 11 is 1.44. The third-order valence-corrected chi connectivity index (χ3v) is 5.78. The molecule has 14 heteroatoms. The third-order valence-electron chi connectivity index (χ3n) is 5.14. The predicted octanol–water partition coefficient (Wildman–Crippen LogP) is -2.21. The molecule has 0 spiro atoms. The van der Waals surface area contributed by atoms with E-state index in [4.69, 9.17) is 17.2 Å². The molecule has 5 unspecified atom stereocenters. The fourth-order valence-corrected chi connectivity index (χ4v) is 3.26. The monoisotopic (exact) mass is 504 g/mol. The molecule has 0 aliphatic rings. The molecule has 10 N–H and O–H groups in total. The molecule has 0 saturated carbocycles. The molecule has 0 fully saturated rings. The Labute approximate surface area is 202 Å². The van der Waals surface area contributed by atoms with Gasteiger partial charge < -0.3 is 38.3 Å². The van der Waals surface area contributed by atoms with Gasteiger partial charge in [-0.3, -0.25) is 24.0 Å². The van der Waals surface area contributed by atoms with Crippen molar-refractivity contribution in [2.75, 3.05) is 12.0 Å². The lowest BCUT2D eigenvalue weighted by Crippen LogP contribution is -2.58. The van der Waals surface area contributed by atoms with E-state index >= 15 is 0 Å². The Hall–Kier alpha value is -2.87. The minimum Gasteiger partial charge on any atom is -0.480 e. The van der Waals surface area contributed by atoms with Crippen molar-refractivity contribution in [3.05, 3.63) is 0 Å². The summed E-state index contributed by atoms with van der Waals surface area (Å²) in [4.78, 5) is 71.8. The number of thioether (sulfide) groups is 1. The molecule has 0 saturated heterocycles. The van der Waals surface area contributed by atoms with E-state index in [1.165, 1.54) is 11.8 Å². The molecule has 194 valence electrons. The Balaban J connectivity index is 5.58. The molecular weight excluding hydrogens is 468 g/mol. The van der Waals surface area contributed by atoms with E-state index in [0.29, 0.717) is 12.2 Å². The largest absolute Gasteiger partial charge is 0.480 e. The average molecular weight is 505 g/mol. The number of carbonyl (C=O) groups is 6. The number of aliphatic carboxylic acids is 1. The Morgan fingerprint density at radius 1 is 0.853 bits per heavy atom. The summed E-state index contributed by atoms with van der Waals surface area (Å²) in [6, 6.07) is -4.85. The molecule has 0 rings (SSSR count). The topological polar surface area (TPSA) is 237 Å². The van der Waals surface area contributed by atoms with Crippen LogP contribution in [0.1, 0.15) is 46.0 Å². The van der Waals surface area contributed by atoms with Gasteiger partial charge in [0.1, 0.15) is 18.1 Å². The minimum absolute atomic E-state index is 0.128. The molecule has 5 amide bonds. The second-order valence-corrected chi connectivity index (χ2v) is 8.88. The minimum atomic E-state index is -1.63. The lowest BCUT2D eigenvalue weighted by molar-refractivity contribution is -0.144. The first kappa shape index (κ1) is 31.1. The van der Waals surface area contributed by atoms with E-state index in [9.17, 15) is 33.9 Å². The van der Waals surface area contributed by atoms with Crippen LogP contribution in [-0.4, -0.2) is 76.8 Å². The molecule has 5 atom stereocenters. The molecule has 34 heavy (non-hydrogen) atoms. The number of nitrogens with two attached hydrogens (primary N) is 3. The van der Waals surface area contributed by atoms with Crippen molar-refractivity contribution in [1.82, 2.24) is 16.0 Å². The van der Waals surface area contributed by atoms with Gasteiger partial charge in [-0.05, 0) is 30.8 Å². The number of carbonyl (C=O) groups excluding carboxylic acids is 5. The zero-order chi connectivity index (χ0) is 26.4. The Kier molecular flexibility index (Phi) is 14.5. The number of hydrogen-bond donors (Lipinski definition) is 7. The smallest absolute Gasteiger partial charge is 0.326 e. The van der Waals surface area contributed by atoms with Crippen LogP contribution in [0, 0.1) is 5.92 Å². The molecule has 0 aliphatic carbocycles. The number of rotatable bonds is 17. The SMILES string of the molecule is CCC(C)C(N)C(=O)NC(CCSC)C(=O)NC(CCC(N)=O)C(=O)NC(CC(N)=O)C(=O)O. The van der Waals surface area contributed by atoms with E-state index in [2.05, 4.69) is 16.0 Å². The van der Waals surface area contributed by atoms with Gasteiger partial charge in [-0.1, -0.05) is 20.3 Å². The zero-order valence-electron chi connectivity index (χ0n) is 19.7. The van der Waals surface area contributed by atoms with Crippen molar-refractivity contribution < 1.29 is 33.9 Å². The first-order valence-corrected chi connectivity index (χ1v) is 12.2. The number of nitrogens with one attached hydrogen (secondary N) is 3. The van der Waals surface area contributed by atoms with Crippen LogP contribution in [0.4, 0.5) is 0 Å². The molecule has 0 heterocycles. The van der Waals surface area contributed by atoms with Crippen LogP contribution >= 0.6 is 11.8 Å². The molecule has 0 aliphatic heterocycles. The maximum atomic E-state index is 12.9. The van der Waals surface area contributed by atoms with Crippen LogP contribution in [0.3, 0.4) is 0 Å². The average Bonchev–Trinajstić information content (AvgIpc) is 2.76. The summed E-state index contributed by atoms with van der Waals surface area (Å²) in [5, 5.41) is 16.4. The van der Waals surface area contributed by atoms with Gasteiger partial charge in [-0.2, -0.15) is 11.8 Å². The number of carboxylic acids is 1. The molecule has 0 bridgehead atoms. The van der Waals surface area contributed by atoms with Crippen LogP contribution in [0.15, 0.2) is 0 Å². The second kappa shape index (κ2) is 15.9. The molecule has 0 aromatic carbocycles. The highest BCUT2D eigenvalue weighted by atomic mass is 32.2. The van der Waals surface area contributed by atoms with Gasteiger partial charge in [-0.25, -0.2) is 4.79 Å². The van der Waals surface area contributed by atoms with Crippen molar-refractivity contribution in [1.29, 1.82) is 0 Å². The fourth-order valence-electron chi connectivity index (χ4n) is 2.79. The zero-order valence-corrected chi connectivity index (χ0v) is 20.5. The van der Waals surface area contributed by atoms with Crippen LogP contribution in [0.25, 0.3) is 0 Å². The number of hydrogen-bond acceptors (Lipinski definition) is 8. The molecule has 13 nitrogen and oxygen atoms in total. The summed E-state index contributed by atoms with van der Waals surface area (Å²) in [6.07, 6.45) is 1.52. The molecule has 0 aromatic heterocycles.